The van der Waals surface area contributed by atoms with Crippen LogP contribution in [-0.2, 0) is 16.6 Å². The third kappa shape index (κ3) is 5.26. The summed E-state index contributed by atoms with van der Waals surface area (Å²) in [6.45, 7) is 4.34. The van der Waals surface area contributed by atoms with Gasteiger partial charge in [0.05, 0.1) is 31.1 Å². The minimum atomic E-state index is -0.416. The topological polar surface area (TPSA) is 59.0 Å². The predicted octanol–water partition coefficient (Wildman–Crippen LogP) is 6.34. The molecule has 2 aliphatic carbocycles. The number of hydrogen-bond donors (Lipinski definition) is 1. The van der Waals surface area contributed by atoms with Gasteiger partial charge in [0, 0.05) is 23.5 Å². The molecule has 0 radical (unpaired) electrons. The largest absolute Gasteiger partial charge is 0.490 e. The molecule has 2 aromatic rings. The molecule has 0 aromatic heterocycles. The van der Waals surface area contributed by atoms with E-state index in [0.717, 1.165) is 74.5 Å². The number of unbranched alkanes of at least 4 members (excludes halogenated alkanes) is 1. The van der Waals surface area contributed by atoms with Gasteiger partial charge in [-0.25, -0.2) is 4.79 Å². The molecule has 1 saturated carbocycles. The fourth-order valence-corrected chi connectivity index (χ4v) is 6.65. The van der Waals surface area contributed by atoms with E-state index < -0.39 is 6.10 Å². The molecule has 1 N–H and O–H groups in total. The van der Waals surface area contributed by atoms with Gasteiger partial charge in [-0.15, -0.1) is 0 Å². The quantitative estimate of drug-likeness (QED) is 0.339. The van der Waals surface area contributed by atoms with Crippen LogP contribution < -0.4 is 9.64 Å². The molecule has 1 spiro atoms. The smallest absolute Gasteiger partial charge is 0.337 e. The number of rotatable bonds is 7. The van der Waals surface area contributed by atoms with Crippen LogP contribution in [0.4, 0.5) is 5.69 Å². The fourth-order valence-electron chi connectivity index (χ4n) is 6.46. The second-order valence-corrected chi connectivity index (χ2v) is 11.4. The molecule has 0 bridgehead atoms. The zero-order valence-electron chi connectivity index (χ0n) is 21.9. The number of allylic oxidation sites excluding steroid dienone is 1. The number of aliphatic hydroxyl groups excluding tert-OH is 1. The number of aliphatic hydroxyl groups is 1. The summed E-state index contributed by atoms with van der Waals surface area (Å²) in [5, 5.41) is 11.7. The van der Waals surface area contributed by atoms with E-state index in [4.69, 9.17) is 21.1 Å². The maximum absolute atomic E-state index is 12.4. The van der Waals surface area contributed by atoms with E-state index in [2.05, 4.69) is 30.0 Å². The van der Waals surface area contributed by atoms with Crippen LogP contribution in [0.2, 0.25) is 5.02 Å². The van der Waals surface area contributed by atoms with E-state index in [1.54, 1.807) is 6.07 Å². The number of aryl methyl sites for hydroxylation is 1. The van der Waals surface area contributed by atoms with Crippen molar-refractivity contribution in [2.75, 3.05) is 31.7 Å². The summed E-state index contributed by atoms with van der Waals surface area (Å²) < 4.78 is 11.5. The number of hydrogen-bond acceptors (Lipinski definition) is 5. The Bertz CT molecular complexity index is 1160. The summed E-state index contributed by atoms with van der Waals surface area (Å²) in [5.74, 6) is 1.07. The highest BCUT2D eigenvalue weighted by molar-refractivity contribution is 6.30. The third-order valence-corrected chi connectivity index (χ3v) is 8.85. The first kappa shape index (κ1) is 26.1. The van der Waals surface area contributed by atoms with Crippen LogP contribution in [0, 0.1) is 11.8 Å². The van der Waals surface area contributed by atoms with Crippen LogP contribution >= 0.6 is 11.6 Å². The zero-order chi connectivity index (χ0) is 26.0. The van der Waals surface area contributed by atoms with Gasteiger partial charge in [-0.05, 0) is 91.8 Å². The molecule has 4 atom stereocenters. The van der Waals surface area contributed by atoms with Gasteiger partial charge in [-0.3, -0.25) is 0 Å². The number of ether oxygens (including phenoxy) is 2. The Hall–Kier alpha value is -2.50. The summed E-state index contributed by atoms with van der Waals surface area (Å²) in [6.07, 6.45) is 11.0. The van der Waals surface area contributed by atoms with Crippen molar-refractivity contribution in [3.8, 4) is 5.75 Å². The van der Waals surface area contributed by atoms with E-state index in [0.29, 0.717) is 18.1 Å². The third-order valence-electron chi connectivity index (χ3n) is 8.62. The molecule has 2 aromatic carbocycles. The molecule has 1 heterocycles. The van der Waals surface area contributed by atoms with Gasteiger partial charge in [0.2, 0.25) is 0 Å². The summed E-state index contributed by atoms with van der Waals surface area (Å²) in [6, 6.07) is 11.9. The molecule has 4 unspecified atom stereocenters. The monoisotopic (exact) mass is 523 g/mol. The highest BCUT2D eigenvalue weighted by atomic mass is 35.5. The van der Waals surface area contributed by atoms with Gasteiger partial charge in [0.1, 0.15) is 5.75 Å². The van der Waals surface area contributed by atoms with Crippen LogP contribution in [0.25, 0.3) is 0 Å². The standard InChI is InChI=1S/C31H38ClNO4/c1-3-4-5-8-28(34)25-12-9-23(25)18-33-19-31(15-6-7-21-16-24(32)11-13-26(21)31)20-37-29-14-10-22(17-27(29)33)30(35)36-2/h5,8,10-11,13-14,16-17,23,25,28,34H,3-4,6-7,9,12,15,18-20H2,1-2H3/b8-5+. The van der Waals surface area contributed by atoms with Crippen LogP contribution in [0.3, 0.4) is 0 Å². The minimum absolute atomic E-state index is 0.165. The number of nitrogens with zero attached hydrogens (tertiary/aromatic N) is 1. The molecule has 37 heavy (non-hydrogen) atoms. The van der Waals surface area contributed by atoms with Crippen molar-refractivity contribution < 1.29 is 19.4 Å². The minimum Gasteiger partial charge on any atom is -0.490 e. The number of benzene rings is 2. The number of carbonyl (C=O) groups excluding carboxylic acids is 1. The molecule has 5 nitrogen and oxygen atoms in total. The lowest BCUT2D eigenvalue weighted by Gasteiger charge is -2.45. The number of halogens is 1. The first-order chi connectivity index (χ1) is 17.9. The van der Waals surface area contributed by atoms with Crippen LogP contribution in [0.1, 0.15) is 66.9 Å². The van der Waals surface area contributed by atoms with Crippen molar-refractivity contribution in [1.29, 1.82) is 0 Å². The van der Waals surface area contributed by atoms with Gasteiger partial charge >= 0.3 is 5.97 Å². The van der Waals surface area contributed by atoms with Gasteiger partial charge < -0.3 is 19.5 Å². The lowest BCUT2D eigenvalue weighted by Crippen LogP contribution is -2.49. The Kier molecular flexibility index (Phi) is 7.83. The van der Waals surface area contributed by atoms with Crippen molar-refractivity contribution >= 4 is 23.3 Å². The van der Waals surface area contributed by atoms with E-state index in [9.17, 15) is 9.90 Å². The zero-order valence-corrected chi connectivity index (χ0v) is 22.7. The number of methoxy groups -OCH3 is 1. The molecule has 198 valence electrons. The van der Waals surface area contributed by atoms with Gasteiger partial charge in [0.15, 0.2) is 0 Å². The van der Waals surface area contributed by atoms with E-state index in [1.165, 1.54) is 18.2 Å². The Morgan fingerprint density at radius 2 is 2.16 bits per heavy atom. The van der Waals surface area contributed by atoms with Crippen molar-refractivity contribution in [3.05, 3.63) is 70.3 Å². The average molecular weight is 524 g/mol. The molecule has 0 amide bonds. The van der Waals surface area contributed by atoms with Crippen LogP contribution in [0.15, 0.2) is 48.6 Å². The highest BCUT2D eigenvalue weighted by Crippen LogP contribution is 2.46. The molecule has 6 heteroatoms. The van der Waals surface area contributed by atoms with E-state index in [1.807, 2.05) is 24.3 Å². The molecule has 3 aliphatic rings. The summed E-state index contributed by atoms with van der Waals surface area (Å²) in [7, 11) is 1.41. The first-order valence-corrected chi connectivity index (χ1v) is 14.1. The lowest BCUT2D eigenvalue weighted by molar-refractivity contribution is 0.0456. The summed E-state index contributed by atoms with van der Waals surface area (Å²) in [5.41, 5.74) is 3.92. The molecule has 5 rings (SSSR count). The highest BCUT2D eigenvalue weighted by Gasteiger charge is 2.44. The van der Waals surface area contributed by atoms with Crippen LogP contribution in [-0.4, -0.2) is 44.0 Å². The molecule has 1 aliphatic heterocycles. The Morgan fingerprint density at radius 3 is 2.92 bits per heavy atom. The van der Waals surface area contributed by atoms with Crippen LogP contribution in [0.5, 0.6) is 5.75 Å². The van der Waals surface area contributed by atoms with Crippen molar-refractivity contribution in [2.24, 2.45) is 11.8 Å². The van der Waals surface area contributed by atoms with Gasteiger partial charge in [-0.2, -0.15) is 0 Å². The Balaban J connectivity index is 1.49. The van der Waals surface area contributed by atoms with Crippen molar-refractivity contribution in [3.63, 3.8) is 0 Å². The lowest BCUT2D eigenvalue weighted by atomic mass is 9.68. The molecular weight excluding hydrogens is 486 g/mol. The normalized spacial score (nSPS) is 25.6. The molecular formula is C31H38ClNO4. The average Bonchev–Trinajstić information content (AvgIpc) is 3.03. The predicted molar refractivity (Wildman–Crippen MR) is 148 cm³/mol. The van der Waals surface area contributed by atoms with Crippen molar-refractivity contribution in [1.82, 2.24) is 0 Å². The SMILES string of the molecule is CCC/C=C/C(O)C1CCC1CN1CC2(CCCc3cc(Cl)ccc32)COc2ccc(C(=O)OC)cc21. The Morgan fingerprint density at radius 1 is 1.30 bits per heavy atom. The first-order valence-electron chi connectivity index (χ1n) is 13.7. The molecule has 0 saturated heterocycles. The van der Waals surface area contributed by atoms with Gasteiger partial charge in [0.25, 0.3) is 0 Å². The van der Waals surface area contributed by atoms with E-state index in [-0.39, 0.29) is 17.3 Å². The van der Waals surface area contributed by atoms with Crippen molar-refractivity contribution in [2.45, 2.75) is 63.4 Å². The Labute approximate surface area is 225 Å². The fraction of sp³-hybridized carbons (Fsp3) is 0.516. The second kappa shape index (κ2) is 11.1. The number of carbonyl (C=O) groups is 1. The maximum atomic E-state index is 12.4. The number of anilines is 1. The van der Waals surface area contributed by atoms with E-state index >= 15 is 0 Å². The summed E-state index contributed by atoms with van der Waals surface area (Å²) >= 11 is 6.37. The number of fused-ring (bicyclic) bond motifs is 3. The summed E-state index contributed by atoms with van der Waals surface area (Å²) in [4.78, 5) is 14.8. The van der Waals surface area contributed by atoms with Gasteiger partial charge in [-0.1, -0.05) is 43.2 Å². The maximum Gasteiger partial charge on any atom is 0.337 e. The number of esters is 1. The molecule has 1 fully saturated rings. The second-order valence-electron chi connectivity index (χ2n) is 11.0.